The fourth-order valence-electron chi connectivity index (χ4n) is 2.42. The van der Waals surface area contributed by atoms with Crippen LogP contribution in [0.25, 0.3) is 0 Å². The van der Waals surface area contributed by atoms with Gasteiger partial charge in [0.15, 0.2) is 12.5 Å². The van der Waals surface area contributed by atoms with E-state index < -0.39 is 0 Å². The Morgan fingerprint density at radius 3 is 2.72 bits per heavy atom. The van der Waals surface area contributed by atoms with Gasteiger partial charge in [0, 0.05) is 12.5 Å². The second kappa shape index (κ2) is 8.71. The maximum absolute atomic E-state index is 8.90. The van der Waals surface area contributed by atoms with Gasteiger partial charge in [-0.25, -0.2) is 5.32 Å². The lowest BCUT2D eigenvalue weighted by atomic mass is 10.2. The number of ether oxygens (including phenoxy) is 3. The number of para-hydroxylation sites is 1. The monoisotopic (exact) mass is 337 g/mol. The van der Waals surface area contributed by atoms with Crippen molar-refractivity contribution in [3.05, 3.63) is 54.6 Å². The van der Waals surface area contributed by atoms with Crippen LogP contribution >= 0.6 is 0 Å². The fraction of sp³-hybridized carbons (Fsp3) is 0.263. The standard InChI is InChI=1S/C19H19N3O3/c20-14-21-19(25-16-8-2-1-3-9-16)22-15-7-6-10-17(13-15)24-18-11-4-5-12-23-18/h1-3,6-10,13,18H,4-5,11-12H2,(H,21,22). The third-order valence-corrected chi connectivity index (χ3v) is 3.57. The molecule has 6 heteroatoms. The molecule has 3 rings (SSSR count). The number of hydrogen-bond donors (Lipinski definition) is 1. The van der Waals surface area contributed by atoms with Gasteiger partial charge in [0.25, 0.3) is 0 Å². The zero-order chi connectivity index (χ0) is 17.3. The van der Waals surface area contributed by atoms with Crippen molar-refractivity contribution >= 4 is 11.7 Å². The molecule has 1 aliphatic rings. The molecule has 25 heavy (non-hydrogen) atoms. The Hall–Kier alpha value is -3.04. The number of hydrogen-bond acceptors (Lipinski definition) is 5. The number of amidine groups is 1. The molecular weight excluding hydrogens is 318 g/mol. The van der Waals surface area contributed by atoms with Gasteiger partial charge in [0.1, 0.15) is 11.5 Å². The molecule has 0 aromatic heterocycles. The third-order valence-electron chi connectivity index (χ3n) is 3.57. The van der Waals surface area contributed by atoms with Crippen LogP contribution in [0.4, 0.5) is 5.69 Å². The number of benzene rings is 2. The van der Waals surface area contributed by atoms with Gasteiger partial charge in [-0.1, -0.05) is 24.3 Å². The topological polar surface area (TPSA) is 75.9 Å². The predicted molar refractivity (Wildman–Crippen MR) is 93.6 cm³/mol. The summed E-state index contributed by atoms with van der Waals surface area (Å²) in [7, 11) is 0. The molecule has 1 atom stereocenters. The molecule has 1 unspecified atom stereocenters. The van der Waals surface area contributed by atoms with Crippen LogP contribution < -0.4 is 14.8 Å². The smallest absolute Gasteiger partial charge is 0.309 e. The Kier molecular flexibility index (Phi) is 5.86. The van der Waals surface area contributed by atoms with Gasteiger partial charge in [-0.2, -0.15) is 10.3 Å². The van der Waals surface area contributed by atoms with E-state index in [0.29, 0.717) is 17.2 Å². The van der Waals surface area contributed by atoms with Crippen molar-refractivity contribution < 1.29 is 14.2 Å². The van der Waals surface area contributed by atoms with E-state index in [1.165, 1.54) is 0 Å². The molecule has 6 nitrogen and oxygen atoms in total. The van der Waals surface area contributed by atoms with E-state index in [4.69, 9.17) is 19.5 Å². The first-order valence-corrected chi connectivity index (χ1v) is 8.18. The molecule has 1 aliphatic heterocycles. The van der Waals surface area contributed by atoms with Crippen molar-refractivity contribution in [2.24, 2.45) is 4.99 Å². The number of nitrogens with zero attached hydrogens (tertiary/aromatic N) is 2. The molecule has 0 amide bonds. The second-order valence-corrected chi connectivity index (χ2v) is 5.48. The molecule has 1 N–H and O–H groups in total. The first kappa shape index (κ1) is 16.8. The van der Waals surface area contributed by atoms with Gasteiger partial charge < -0.3 is 14.2 Å². The summed E-state index contributed by atoms with van der Waals surface area (Å²) in [4.78, 5) is 4.34. The molecule has 0 saturated carbocycles. The van der Waals surface area contributed by atoms with Crippen LogP contribution in [0.5, 0.6) is 11.5 Å². The highest BCUT2D eigenvalue weighted by atomic mass is 16.7. The summed E-state index contributed by atoms with van der Waals surface area (Å²) >= 11 is 0. The van der Waals surface area contributed by atoms with E-state index in [1.807, 2.05) is 42.6 Å². The van der Waals surface area contributed by atoms with Gasteiger partial charge in [0.05, 0.1) is 12.3 Å². The molecule has 0 radical (unpaired) electrons. The summed E-state index contributed by atoms with van der Waals surface area (Å²) in [5, 5.41) is 11.3. The second-order valence-electron chi connectivity index (χ2n) is 5.48. The Bertz CT molecular complexity index is 750. The summed E-state index contributed by atoms with van der Waals surface area (Å²) in [5.74, 6) is 1.26. The van der Waals surface area contributed by atoms with Crippen molar-refractivity contribution in [2.45, 2.75) is 25.6 Å². The summed E-state index contributed by atoms with van der Waals surface area (Å²) < 4.78 is 17.0. The van der Waals surface area contributed by atoms with E-state index in [2.05, 4.69) is 10.3 Å². The molecule has 0 spiro atoms. The van der Waals surface area contributed by atoms with Crippen LogP contribution in [0.15, 0.2) is 59.6 Å². The van der Waals surface area contributed by atoms with Crippen molar-refractivity contribution in [3.8, 4) is 17.7 Å². The highest BCUT2D eigenvalue weighted by Crippen LogP contribution is 2.24. The van der Waals surface area contributed by atoms with Crippen molar-refractivity contribution in [3.63, 3.8) is 0 Å². The molecule has 2 aromatic rings. The number of nitriles is 1. The molecule has 2 aromatic carbocycles. The number of nitrogens with one attached hydrogen (secondary N) is 1. The quantitative estimate of drug-likeness (QED) is 0.398. The Morgan fingerprint density at radius 1 is 1.12 bits per heavy atom. The average molecular weight is 337 g/mol. The maximum atomic E-state index is 8.90. The minimum atomic E-state index is -0.217. The van der Waals surface area contributed by atoms with Crippen LogP contribution in [0.3, 0.4) is 0 Å². The maximum Gasteiger partial charge on any atom is 0.309 e. The van der Waals surface area contributed by atoms with Crippen LogP contribution in [0, 0.1) is 11.5 Å². The van der Waals surface area contributed by atoms with Gasteiger partial charge >= 0.3 is 6.02 Å². The van der Waals surface area contributed by atoms with E-state index in [0.717, 1.165) is 25.9 Å². The van der Waals surface area contributed by atoms with Gasteiger partial charge in [-0.15, -0.1) is 0 Å². The van der Waals surface area contributed by atoms with Crippen LogP contribution in [-0.2, 0) is 4.74 Å². The average Bonchev–Trinajstić information content (AvgIpc) is 2.64. The van der Waals surface area contributed by atoms with Crippen molar-refractivity contribution in [1.29, 1.82) is 5.26 Å². The van der Waals surface area contributed by atoms with Crippen LogP contribution in [0.2, 0.25) is 0 Å². The van der Waals surface area contributed by atoms with Crippen molar-refractivity contribution in [1.82, 2.24) is 5.32 Å². The first-order chi connectivity index (χ1) is 12.3. The lowest BCUT2D eigenvalue weighted by molar-refractivity contribution is -0.105. The van der Waals surface area contributed by atoms with E-state index in [-0.39, 0.29) is 12.3 Å². The Labute approximate surface area is 146 Å². The molecule has 1 fully saturated rings. The predicted octanol–water partition coefficient (Wildman–Crippen LogP) is 3.73. The minimum absolute atomic E-state index is 0.0970. The molecule has 0 bridgehead atoms. The highest BCUT2D eigenvalue weighted by molar-refractivity contribution is 5.80. The molecule has 1 heterocycles. The van der Waals surface area contributed by atoms with Crippen LogP contribution in [0.1, 0.15) is 19.3 Å². The summed E-state index contributed by atoms with van der Waals surface area (Å²) in [6.07, 6.45) is 4.67. The fourth-order valence-corrected chi connectivity index (χ4v) is 2.42. The van der Waals surface area contributed by atoms with Crippen molar-refractivity contribution in [2.75, 3.05) is 6.61 Å². The zero-order valence-electron chi connectivity index (χ0n) is 13.7. The SMILES string of the molecule is N#CNC(=Nc1cccc(OC2CCCCO2)c1)Oc1ccccc1. The largest absolute Gasteiger partial charge is 0.465 e. The first-order valence-electron chi connectivity index (χ1n) is 8.18. The minimum Gasteiger partial charge on any atom is -0.465 e. The number of aliphatic imine (C=N–C) groups is 1. The summed E-state index contributed by atoms with van der Waals surface area (Å²) in [5.41, 5.74) is 0.613. The molecule has 1 saturated heterocycles. The highest BCUT2D eigenvalue weighted by Gasteiger charge is 2.15. The lowest BCUT2D eigenvalue weighted by Crippen LogP contribution is -2.25. The Morgan fingerprint density at radius 2 is 1.96 bits per heavy atom. The molecular formula is C19H19N3O3. The van der Waals surface area contributed by atoms with Crippen LogP contribution in [-0.4, -0.2) is 18.9 Å². The molecule has 0 aliphatic carbocycles. The Balaban J connectivity index is 1.73. The van der Waals surface area contributed by atoms with E-state index >= 15 is 0 Å². The lowest BCUT2D eigenvalue weighted by Gasteiger charge is -2.23. The molecule has 128 valence electrons. The zero-order valence-corrected chi connectivity index (χ0v) is 13.7. The van der Waals surface area contributed by atoms with Gasteiger partial charge in [-0.05, 0) is 37.1 Å². The van der Waals surface area contributed by atoms with E-state index in [1.54, 1.807) is 18.2 Å². The normalized spacial score (nSPS) is 17.4. The number of rotatable bonds is 4. The summed E-state index contributed by atoms with van der Waals surface area (Å²) in [6.45, 7) is 0.726. The van der Waals surface area contributed by atoms with E-state index in [9.17, 15) is 0 Å². The summed E-state index contributed by atoms with van der Waals surface area (Å²) in [6, 6.07) is 16.5. The van der Waals surface area contributed by atoms with Gasteiger partial charge in [0.2, 0.25) is 0 Å². The van der Waals surface area contributed by atoms with Gasteiger partial charge in [-0.3, -0.25) is 0 Å². The third kappa shape index (κ3) is 5.23.